The molecule has 254 valence electrons. The van der Waals surface area contributed by atoms with Gasteiger partial charge in [-0.2, -0.15) is 10.2 Å². The molecule has 0 radical (unpaired) electrons. The Morgan fingerprint density at radius 1 is 0.720 bits per heavy atom. The van der Waals surface area contributed by atoms with Gasteiger partial charge in [0.1, 0.15) is 11.6 Å². The molecule has 0 atom stereocenters. The quantitative estimate of drug-likeness (QED) is 0.210. The summed E-state index contributed by atoms with van der Waals surface area (Å²) in [6.45, 7) is 4.07. The fourth-order valence-corrected chi connectivity index (χ4v) is 6.73. The predicted octanol–water partition coefficient (Wildman–Crippen LogP) is 5.53. The molecule has 5 aromatic rings. The minimum atomic E-state index is -0.554. The number of aromatic nitrogens is 4. The Morgan fingerprint density at radius 2 is 1.48 bits per heavy atom. The number of carbonyl (C=O) groups is 2. The van der Waals surface area contributed by atoms with Crippen LogP contribution in [0.2, 0.25) is 0 Å². The first-order chi connectivity index (χ1) is 24.5. The highest BCUT2D eigenvalue weighted by molar-refractivity contribution is 5.96. The highest BCUT2D eigenvalue weighted by Gasteiger charge is 2.25. The molecule has 2 saturated heterocycles. The number of benzene rings is 2. The van der Waals surface area contributed by atoms with Gasteiger partial charge < -0.3 is 15.5 Å². The summed E-state index contributed by atoms with van der Waals surface area (Å²) in [7, 11) is 0. The third-order valence-corrected chi connectivity index (χ3v) is 9.55. The van der Waals surface area contributed by atoms with Gasteiger partial charge in [0.2, 0.25) is 0 Å². The number of rotatable bonds is 9. The van der Waals surface area contributed by atoms with E-state index in [2.05, 4.69) is 47.7 Å². The van der Waals surface area contributed by atoms with Crippen LogP contribution in [-0.2, 0) is 6.54 Å². The number of hydrogen-bond donors (Lipinski definition) is 2. The summed E-state index contributed by atoms with van der Waals surface area (Å²) in [5, 5.41) is 13.8. The van der Waals surface area contributed by atoms with Crippen LogP contribution >= 0.6 is 0 Å². The van der Waals surface area contributed by atoms with Crippen molar-refractivity contribution in [3.63, 3.8) is 0 Å². The number of nitrogens with zero attached hydrogens (tertiary/aromatic N) is 6. The lowest BCUT2D eigenvalue weighted by Crippen LogP contribution is -2.45. The second kappa shape index (κ2) is 15.3. The SMILES string of the molecule is O=C(NC1CCN(c2ccc(CN3CCC(NC(=O)c4cccc(-c5ccnnc5)c4F)CC3)cn2)CC1)c1cccc(-c2cccnc2)c1. The maximum atomic E-state index is 15.2. The molecule has 2 aliphatic heterocycles. The van der Waals surface area contributed by atoms with Crippen molar-refractivity contribution < 1.29 is 14.0 Å². The van der Waals surface area contributed by atoms with E-state index in [1.54, 1.807) is 30.6 Å². The van der Waals surface area contributed by atoms with Crippen LogP contribution < -0.4 is 15.5 Å². The molecule has 2 aliphatic rings. The van der Waals surface area contributed by atoms with E-state index in [0.717, 1.165) is 80.9 Å². The molecule has 0 saturated carbocycles. The van der Waals surface area contributed by atoms with Crippen molar-refractivity contribution in [2.45, 2.75) is 44.3 Å². The highest BCUT2D eigenvalue weighted by Crippen LogP contribution is 2.25. The Balaban J connectivity index is 0.851. The largest absolute Gasteiger partial charge is 0.356 e. The van der Waals surface area contributed by atoms with Gasteiger partial charge in [0.25, 0.3) is 11.8 Å². The number of amides is 2. The first-order valence-corrected chi connectivity index (χ1v) is 17.1. The molecule has 11 heteroatoms. The van der Waals surface area contributed by atoms with Crippen LogP contribution in [0.5, 0.6) is 0 Å². The Hall–Kier alpha value is -5.55. The third-order valence-electron chi connectivity index (χ3n) is 9.55. The van der Waals surface area contributed by atoms with Crippen molar-refractivity contribution in [2.75, 3.05) is 31.1 Å². The number of carbonyl (C=O) groups excluding carboxylic acids is 2. The molecule has 50 heavy (non-hydrogen) atoms. The van der Waals surface area contributed by atoms with Gasteiger partial charge in [-0.25, -0.2) is 9.37 Å². The fourth-order valence-electron chi connectivity index (χ4n) is 6.73. The molecule has 2 fully saturated rings. The smallest absolute Gasteiger partial charge is 0.254 e. The summed E-state index contributed by atoms with van der Waals surface area (Å²) in [5.41, 5.74) is 4.68. The molecular weight excluding hydrogens is 631 g/mol. The van der Waals surface area contributed by atoms with Crippen molar-refractivity contribution >= 4 is 17.6 Å². The number of likely N-dealkylation sites (tertiary alicyclic amines) is 1. The molecular formula is C39H39FN8O2. The summed E-state index contributed by atoms with van der Waals surface area (Å²) in [5.74, 6) is -0.0634. The summed E-state index contributed by atoms with van der Waals surface area (Å²) in [6, 6.07) is 22.4. The van der Waals surface area contributed by atoms with Gasteiger partial charge in [-0.1, -0.05) is 36.4 Å². The van der Waals surface area contributed by atoms with Crippen LogP contribution in [0.15, 0.2) is 104 Å². The third kappa shape index (κ3) is 7.84. The number of anilines is 1. The van der Waals surface area contributed by atoms with E-state index in [-0.39, 0.29) is 23.6 Å². The molecule has 3 aromatic heterocycles. The summed E-state index contributed by atoms with van der Waals surface area (Å²) < 4.78 is 15.2. The van der Waals surface area contributed by atoms with Crippen molar-refractivity contribution in [3.8, 4) is 22.3 Å². The van der Waals surface area contributed by atoms with Crippen LogP contribution in [0, 0.1) is 5.82 Å². The maximum Gasteiger partial charge on any atom is 0.254 e. The molecule has 0 bridgehead atoms. The van der Waals surface area contributed by atoms with Gasteiger partial charge in [-0.3, -0.25) is 19.5 Å². The van der Waals surface area contributed by atoms with Crippen molar-refractivity contribution in [3.05, 3.63) is 126 Å². The molecule has 0 spiro atoms. The average Bonchev–Trinajstić information content (AvgIpc) is 3.17. The van der Waals surface area contributed by atoms with Gasteiger partial charge in [0.05, 0.1) is 18.0 Å². The predicted molar refractivity (Wildman–Crippen MR) is 190 cm³/mol. The molecule has 5 heterocycles. The summed E-state index contributed by atoms with van der Waals surface area (Å²) in [4.78, 5) is 39.6. The van der Waals surface area contributed by atoms with E-state index in [0.29, 0.717) is 16.7 Å². The van der Waals surface area contributed by atoms with E-state index in [4.69, 9.17) is 4.98 Å². The lowest BCUT2D eigenvalue weighted by molar-refractivity contribution is 0.0902. The average molecular weight is 671 g/mol. The first kappa shape index (κ1) is 33.0. The van der Waals surface area contributed by atoms with E-state index in [1.807, 2.05) is 42.6 Å². The van der Waals surface area contributed by atoms with Crippen LogP contribution in [0.3, 0.4) is 0 Å². The summed E-state index contributed by atoms with van der Waals surface area (Å²) >= 11 is 0. The standard InChI is InChI=1S/C39H39FN8O2/c40-37-34(31-11-17-43-44-25-31)7-2-8-35(37)39(50)46-32-12-18-47(19-13-32)26-27-9-10-36(42-23-27)48-20-14-33(15-21-48)45-38(49)29-5-1-4-28(22-29)30-6-3-16-41-24-30/h1-11,16-17,22-25,32-33H,12-15,18-21,26H2,(H,45,49)(H,46,50). The van der Waals surface area contributed by atoms with Gasteiger partial charge in [0, 0.05) is 85.7 Å². The molecule has 2 amide bonds. The first-order valence-electron chi connectivity index (χ1n) is 17.1. The fraction of sp³-hybridized carbons (Fsp3) is 0.282. The lowest BCUT2D eigenvalue weighted by Gasteiger charge is -2.34. The van der Waals surface area contributed by atoms with Crippen LogP contribution in [0.4, 0.5) is 10.2 Å². The van der Waals surface area contributed by atoms with E-state index in [9.17, 15) is 9.59 Å². The van der Waals surface area contributed by atoms with Crippen molar-refractivity contribution in [2.24, 2.45) is 0 Å². The Kier molecular flexibility index (Phi) is 10.1. The van der Waals surface area contributed by atoms with E-state index >= 15 is 4.39 Å². The zero-order chi connectivity index (χ0) is 34.3. The zero-order valence-corrected chi connectivity index (χ0v) is 27.7. The van der Waals surface area contributed by atoms with E-state index in [1.165, 1.54) is 18.5 Å². The van der Waals surface area contributed by atoms with Crippen LogP contribution in [0.1, 0.15) is 52.0 Å². The van der Waals surface area contributed by atoms with Crippen molar-refractivity contribution in [1.82, 2.24) is 35.7 Å². The topological polar surface area (TPSA) is 116 Å². The lowest BCUT2D eigenvalue weighted by atomic mass is 10.0. The van der Waals surface area contributed by atoms with Gasteiger partial charge in [-0.05, 0) is 73.2 Å². The van der Waals surface area contributed by atoms with Crippen molar-refractivity contribution in [1.29, 1.82) is 0 Å². The van der Waals surface area contributed by atoms with Gasteiger partial charge in [0.15, 0.2) is 0 Å². The van der Waals surface area contributed by atoms with Crippen LogP contribution in [-0.4, -0.2) is 75.1 Å². The molecule has 10 nitrogen and oxygen atoms in total. The molecule has 0 unspecified atom stereocenters. The Bertz CT molecular complexity index is 1910. The number of piperidine rings is 2. The normalized spacial score (nSPS) is 15.8. The van der Waals surface area contributed by atoms with Gasteiger partial charge in [-0.15, -0.1) is 0 Å². The molecule has 7 rings (SSSR count). The zero-order valence-electron chi connectivity index (χ0n) is 27.7. The minimum Gasteiger partial charge on any atom is -0.356 e. The second-order valence-corrected chi connectivity index (χ2v) is 12.9. The van der Waals surface area contributed by atoms with Crippen LogP contribution in [0.25, 0.3) is 22.3 Å². The number of halogens is 1. The molecule has 0 aliphatic carbocycles. The van der Waals surface area contributed by atoms with Gasteiger partial charge >= 0.3 is 0 Å². The minimum absolute atomic E-state index is 0.0189. The number of pyridine rings is 2. The maximum absolute atomic E-state index is 15.2. The number of nitrogens with one attached hydrogen (secondary N) is 2. The Morgan fingerprint density at radius 3 is 2.20 bits per heavy atom. The second-order valence-electron chi connectivity index (χ2n) is 12.9. The van der Waals surface area contributed by atoms with E-state index < -0.39 is 11.7 Å². The molecule has 2 N–H and O–H groups in total. The molecule has 2 aromatic carbocycles. The summed E-state index contributed by atoms with van der Waals surface area (Å²) in [6.07, 6.45) is 11.7. The Labute approximate surface area is 290 Å². The monoisotopic (exact) mass is 670 g/mol. The number of hydrogen-bond acceptors (Lipinski definition) is 8. The highest BCUT2D eigenvalue weighted by atomic mass is 19.1.